The van der Waals surface area contributed by atoms with E-state index in [4.69, 9.17) is 81.4 Å². The van der Waals surface area contributed by atoms with Gasteiger partial charge in [-0.1, -0.05) is 48.0 Å². The first-order chi connectivity index (χ1) is 42.5. The molecular weight excluding hydrogens is 1150 g/mol. The maximum absolute atomic E-state index is 14.7. The van der Waals surface area contributed by atoms with E-state index in [1.54, 1.807) is 21.9 Å². The van der Waals surface area contributed by atoms with Crippen LogP contribution in [0.3, 0.4) is 0 Å². The van der Waals surface area contributed by atoms with E-state index in [1.807, 2.05) is 9.80 Å². The van der Waals surface area contributed by atoms with Crippen LogP contribution >= 0.6 is 34.8 Å². The van der Waals surface area contributed by atoms with E-state index in [2.05, 4.69) is 53.5 Å². The Morgan fingerprint density at radius 1 is 0.627 bits per heavy atom. The molecule has 0 bridgehead atoms. The number of aromatic nitrogens is 10. The van der Waals surface area contributed by atoms with Crippen LogP contribution in [-0.2, 0) is 19.1 Å². The second-order valence-electron chi connectivity index (χ2n) is 19.4. The summed E-state index contributed by atoms with van der Waals surface area (Å²) in [6, 6.07) is 5.53. The molecule has 4 fully saturated rings. The van der Waals surface area contributed by atoms with Gasteiger partial charge in [0.2, 0.25) is 23.6 Å². The number of H-pyrrole nitrogens is 2. The number of likely N-dealkylation sites (tertiary alicyclic amines) is 2. The second kappa shape index (κ2) is 24.2. The molecule has 29 heteroatoms. The van der Waals surface area contributed by atoms with Gasteiger partial charge in [0.05, 0.1) is 45.0 Å². The first-order valence-electron chi connectivity index (χ1n) is 28.8. The Kier molecular flexibility index (Phi) is 14.5. The smallest absolute Gasteiger partial charge is 0.319 e. The molecule has 0 radical (unpaired) electrons. The molecule has 2 N–H and O–H groups in total. The van der Waals surface area contributed by atoms with E-state index >= 15 is 0 Å². The minimum Gasteiger partial charge on any atom is -0.456 e. The predicted molar refractivity (Wildman–Crippen MR) is 305 cm³/mol. The number of benzene rings is 2. The molecule has 4 saturated heterocycles. The summed E-state index contributed by atoms with van der Waals surface area (Å²) in [7, 11) is 2.95. The summed E-state index contributed by atoms with van der Waals surface area (Å²) in [4.78, 5) is 61.6. The number of rotatable bonds is 14. The van der Waals surface area contributed by atoms with E-state index in [0.29, 0.717) is 96.6 Å². The first-order valence-corrected chi connectivity index (χ1v) is 26.9. The number of pyridine rings is 2. The van der Waals surface area contributed by atoms with Crippen molar-refractivity contribution in [1.82, 2.24) is 69.9 Å². The third-order valence-electron chi connectivity index (χ3n) is 14.4. The van der Waals surface area contributed by atoms with Gasteiger partial charge < -0.3 is 48.0 Å². The normalized spacial score (nSPS) is 21.0. The van der Waals surface area contributed by atoms with Crippen molar-refractivity contribution < 1.29 is 55.0 Å². The van der Waals surface area contributed by atoms with Gasteiger partial charge in [-0.05, 0) is 38.2 Å². The summed E-state index contributed by atoms with van der Waals surface area (Å²) in [6.07, 6.45) is 4.38. The highest BCUT2D eigenvalue weighted by molar-refractivity contribution is 6.34. The van der Waals surface area contributed by atoms with Crippen LogP contribution in [0, 0.1) is 11.6 Å². The lowest BCUT2D eigenvalue weighted by Gasteiger charge is -2.35. The van der Waals surface area contributed by atoms with Crippen LogP contribution in [0.25, 0.3) is 43.6 Å². The minimum atomic E-state index is -2.35. The van der Waals surface area contributed by atoms with Gasteiger partial charge in [-0.2, -0.15) is 35.1 Å². The summed E-state index contributed by atoms with van der Waals surface area (Å²) in [5.74, 6) is -1.07. The summed E-state index contributed by atoms with van der Waals surface area (Å²) < 4.78 is 112. The van der Waals surface area contributed by atoms with Crippen LogP contribution in [0.2, 0.25) is 15.2 Å². The van der Waals surface area contributed by atoms with Crippen LogP contribution in [-0.4, -0.2) is 213 Å². The van der Waals surface area contributed by atoms with Crippen LogP contribution in [0.15, 0.2) is 68.2 Å². The van der Waals surface area contributed by atoms with Gasteiger partial charge in [0, 0.05) is 119 Å². The summed E-state index contributed by atoms with van der Waals surface area (Å²) in [5, 5.41) is 14.6. The number of anilines is 2. The van der Waals surface area contributed by atoms with E-state index < -0.39 is 50.0 Å². The van der Waals surface area contributed by atoms with E-state index in [9.17, 15) is 18.4 Å². The summed E-state index contributed by atoms with van der Waals surface area (Å²) in [6.45, 7) is 6.15. The third-order valence-corrected chi connectivity index (χ3v) is 15.3. The molecule has 0 saturated carbocycles. The van der Waals surface area contributed by atoms with Crippen LogP contribution in [0.4, 0.5) is 20.4 Å². The molecule has 83 heavy (non-hydrogen) atoms. The number of piperazine rings is 2. The van der Waals surface area contributed by atoms with Gasteiger partial charge in [0.25, 0.3) is 0 Å². The number of hydrogen-bond donors (Lipinski definition) is 2. The number of methoxy groups -OCH3 is 2. The quantitative estimate of drug-likeness (QED) is 0.0849. The molecular formula is C54H55Cl3F2N16O8. The van der Waals surface area contributed by atoms with E-state index in [0.717, 1.165) is 0 Å². The Labute approximate surface area is 496 Å². The average molecular weight is 1210 g/mol. The van der Waals surface area contributed by atoms with Gasteiger partial charge in [0.15, 0.2) is 11.5 Å². The molecule has 2 amide bonds. The molecule has 434 valence electrons. The molecule has 2 aromatic carbocycles. The fourth-order valence-electron chi connectivity index (χ4n) is 10.1. The number of hydrogen-bond acceptors (Lipinski definition) is 20. The first kappa shape index (κ1) is 49.7. The number of carbonyl (C=O) groups is 2. The zero-order chi connectivity index (χ0) is 63.2. The van der Waals surface area contributed by atoms with Crippen LogP contribution < -0.4 is 28.7 Å². The number of nitrogens with zero attached hydrogens (tertiary/aromatic N) is 14. The van der Waals surface area contributed by atoms with Crippen molar-refractivity contribution in [2.24, 2.45) is 0 Å². The van der Waals surface area contributed by atoms with Gasteiger partial charge in [-0.3, -0.25) is 29.6 Å². The lowest BCUT2D eigenvalue weighted by atomic mass is 10.2. The Morgan fingerprint density at radius 2 is 1.08 bits per heavy atom. The zero-order valence-corrected chi connectivity index (χ0v) is 46.6. The van der Waals surface area contributed by atoms with E-state index in [1.165, 1.54) is 66.9 Å². The highest BCUT2D eigenvalue weighted by Gasteiger charge is 2.36. The number of amides is 2. The molecule has 0 unspecified atom stereocenters. The molecule has 12 rings (SSSR count). The average Bonchev–Trinajstić information content (AvgIpc) is 1.37. The molecule has 4 atom stereocenters. The topological polar surface area (TPSA) is 244 Å². The molecule has 4 aliphatic rings. The highest BCUT2D eigenvalue weighted by atomic mass is 35.5. The monoisotopic (exact) mass is 1200 g/mol. The second-order valence-corrected chi connectivity index (χ2v) is 20.5. The number of halogens is 5. The summed E-state index contributed by atoms with van der Waals surface area (Å²) in [5.41, 5.74) is 1.13. The Balaban J connectivity index is 0.000000184. The Morgan fingerprint density at radius 3 is 1.55 bits per heavy atom. The van der Waals surface area contributed by atoms with Gasteiger partial charge in [0.1, 0.15) is 73.9 Å². The molecule has 4 aliphatic heterocycles. The van der Waals surface area contributed by atoms with Crippen molar-refractivity contribution in [3.8, 4) is 35.3 Å². The maximum atomic E-state index is 14.7. The van der Waals surface area contributed by atoms with Crippen molar-refractivity contribution >= 4 is 102 Å². The van der Waals surface area contributed by atoms with Crippen molar-refractivity contribution in [2.75, 3.05) is 117 Å². The SMILES string of the molecule is [2H]C([2H])([2H])N1C[C@@H](OC)[C@H](Oc2nc(N3CCN(C(=O)C=C)CC3)c3cc(Cl)nc(Oc4c(Cl)c(F)cc5[nH]ncc45)c3n2)C1.[2H]C([2H])([2H])N1C[C@@H](OC)[C@H](Oc2nc(N3CCN(C(=O)C=C)CC3)c3ccnc(Oc4c(Cl)c(F)cc5[nH]ncc45)c3n2)C1. The molecule has 10 heterocycles. The molecule has 8 aromatic rings. The van der Waals surface area contributed by atoms with Crippen molar-refractivity contribution in [3.63, 3.8) is 0 Å². The van der Waals surface area contributed by atoms with Gasteiger partial charge in [-0.15, -0.1) is 0 Å². The minimum absolute atomic E-state index is 0.00171. The largest absolute Gasteiger partial charge is 0.456 e. The number of carbonyl (C=O) groups excluding carboxylic acids is 2. The number of fused-ring (bicyclic) bond motifs is 4. The lowest BCUT2D eigenvalue weighted by molar-refractivity contribution is -0.127. The van der Waals surface area contributed by atoms with Crippen molar-refractivity contribution in [2.45, 2.75) is 24.4 Å². The lowest BCUT2D eigenvalue weighted by Crippen LogP contribution is -2.48. The molecule has 24 nitrogen and oxygen atoms in total. The number of ether oxygens (including phenoxy) is 6. The predicted octanol–water partition coefficient (Wildman–Crippen LogP) is 6.71. The van der Waals surface area contributed by atoms with E-state index in [-0.39, 0.29) is 99.5 Å². The highest BCUT2D eigenvalue weighted by Crippen LogP contribution is 2.43. The van der Waals surface area contributed by atoms with Gasteiger partial charge >= 0.3 is 12.0 Å². The van der Waals surface area contributed by atoms with Crippen LogP contribution in [0.5, 0.6) is 35.3 Å². The molecule has 6 aromatic heterocycles. The zero-order valence-electron chi connectivity index (χ0n) is 50.3. The maximum Gasteiger partial charge on any atom is 0.319 e. The van der Waals surface area contributed by atoms with Crippen molar-refractivity contribution in [3.05, 3.63) is 95.0 Å². The fourth-order valence-corrected chi connectivity index (χ4v) is 10.7. The van der Waals surface area contributed by atoms with Gasteiger partial charge in [-0.25, -0.2) is 13.8 Å². The Bertz CT molecular complexity index is 4030. The molecule has 0 spiro atoms. The summed E-state index contributed by atoms with van der Waals surface area (Å²) >= 11 is 19.1. The van der Waals surface area contributed by atoms with Crippen molar-refractivity contribution in [1.29, 1.82) is 0 Å². The third kappa shape index (κ3) is 11.6. The fraction of sp³-hybridized carbons (Fsp3) is 0.370. The number of nitrogens with one attached hydrogen (secondary N) is 2. The standard InChI is InChI=1S/C27H27Cl2FN8O4.C27H28ClFN8O4/c1-4-21(39)37-5-7-38(8-6-37)25-14-9-20(28)32-26(42-24-15-11-31-35-17(15)10-16(30)22(24)29)23(14)33-27(34-25)41-19-13-36(2)12-18(19)40-3;1-4-21(38)36-7-9-37(10-8-36)25-15-5-6-30-26(41-24-16-12-31-34-18(16)11-17(29)22(24)28)23(15)32-27(33-25)40-20-14-35(2)13-19(20)39-3/h4,9-11,18-19H,1,5-8,12-13H2,2-3H3,(H,31,35);4-6,11-12,19-20H,1,7-10,13-14H2,2-3H3,(H,31,34)/t18-,19-;19-,20-/m11/s1/i2*2D3. The van der Waals surface area contributed by atoms with Crippen LogP contribution in [0.1, 0.15) is 8.22 Å². The Hall–Kier alpha value is -7.85. The number of likely N-dealkylation sites (N-methyl/N-ethyl adjacent to an activating group) is 2. The molecule has 0 aliphatic carbocycles. The number of aromatic amines is 2.